The van der Waals surface area contributed by atoms with Gasteiger partial charge in [0.2, 0.25) is 0 Å². The molecule has 1 aromatic heterocycles. The van der Waals surface area contributed by atoms with Gasteiger partial charge in [0.1, 0.15) is 23.4 Å². The van der Waals surface area contributed by atoms with E-state index in [1.165, 1.54) is 0 Å². The van der Waals surface area contributed by atoms with Crippen LogP contribution in [0.25, 0.3) is 6.08 Å². The summed E-state index contributed by atoms with van der Waals surface area (Å²) in [6.45, 7) is 18.7. The predicted octanol–water partition coefficient (Wildman–Crippen LogP) is 7.14. The number of nitrogens with zero attached hydrogens (tertiary/aromatic N) is 4. The van der Waals surface area contributed by atoms with E-state index in [4.69, 9.17) is 9.47 Å². The number of piperazine rings is 1. The van der Waals surface area contributed by atoms with Gasteiger partial charge in [-0.05, 0) is 78.9 Å². The topological polar surface area (TPSA) is 73.6 Å². The molecule has 0 aliphatic carbocycles. The highest BCUT2D eigenvalue weighted by Gasteiger charge is 2.20. The fourth-order valence-electron chi connectivity index (χ4n) is 4.74. The summed E-state index contributed by atoms with van der Waals surface area (Å²) in [5, 5.41) is 13.1. The molecule has 4 rings (SSSR count). The van der Waals surface area contributed by atoms with Crippen LogP contribution in [0.3, 0.4) is 0 Å². The summed E-state index contributed by atoms with van der Waals surface area (Å²) in [5.74, 6) is 3.00. The van der Waals surface area contributed by atoms with Gasteiger partial charge in [0.25, 0.3) is 0 Å². The van der Waals surface area contributed by atoms with E-state index in [9.17, 15) is 5.26 Å². The van der Waals surface area contributed by atoms with Gasteiger partial charge in [0.15, 0.2) is 5.75 Å². The summed E-state index contributed by atoms with van der Waals surface area (Å²) in [6, 6.07) is 16.1. The van der Waals surface area contributed by atoms with Crippen molar-refractivity contribution in [3.8, 4) is 23.3 Å². The molecule has 7 heteroatoms. The smallest absolute Gasteiger partial charge is 0.160 e. The van der Waals surface area contributed by atoms with E-state index in [-0.39, 0.29) is 5.41 Å². The number of likely N-dealkylation sites (N-methyl/N-ethyl adjacent to an activating group) is 1. The van der Waals surface area contributed by atoms with Gasteiger partial charge in [0.05, 0.1) is 18.4 Å². The SMILES string of the molecule is C=C(Nc1cc(C(C)(C)C)cc(C#N)c1OC)/C(C)=C/c1cccc(Oc2ccnc(N3CCN(C)CC3)c2)c1C. The normalized spacial score (nSPS) is 14.4. The second kappa shape index (κ2) is 12.5. The minimum Gasteiger partial charge on any atom is -0.493 e. The van der Waals surface area contributed by atoms with Crippen LogP contribution in [0.4, 0.5) is 11.5 Å². The second-order valence-electron chi connectivity index (χ2n) is 11.6. The van der Waals surface area contributed by atoms with Crippen molar-refractivity contribution in [2.24, 2.45) is 0 Å². The Balaban J connectivity index is 1.55. The fraction of sp³-hybridized carbons (Fsp3) is 0.353. The molecule has 41 heavy (non-hydrogen) atoms. The maximum Gasteiger partial charge on any atom is 0.160 e. The number of benzene rings is 2. The Bertz CT molecular complexity index is 1490. The third kappa shape index (κ3) is 7.08. The third-order valence-electron chi connectivity index (χ3n) is 7.51. The highest BCUT2D eigenvalue weighted by atomic mass is 16.5. The zero-order valence-corrected chi connectivity index (χ0v) is 25.3. The molecule has 0 unspecified atom stereocenters. The van der Waals surface area contributed by atoms with Crippen LogP contribution in [0.2, 0.25) is 0 Å². The zero-order chi connectivity index (χ0) is 29.7. The number of pyridine rings is 1. The summed E-state index contributed by atoms with van der Waals surface area (Å²) >= 11 is 0. The van der Waals surface area contributed by atoms with Crippen molar-refractivity contribution >= 4 is 17.6 Å². The van der Waals surface area contributed by atoms with Gasteiger partial charge < -0.3 is 24.6 Å². The largest absolute Gasteiger partial charge is 0.493 e. The number of ether oxygens (including phenoxy) is 2. The van der Waals surface area contributed by atoms with Gasteiger partial charge in [0, 0.05) is 44.1 Å². The quantitative estimate of drug-likeness (QED) is 0.298. The van der Waals surface area contributed by atoms with Crippen molar-refractivity contribution in [1.29, 1.82) is 5.26 Å². The lowest BCUT2D eigenvalue weighted by Crippen LogP contribution is -2.44. The van der Waals surface area contributed by atoms with Crippen LogP contribution in [-0.2, 0) is 5.41 Å². The van der Waals surface area contributed by atoms with Gasteiger partial charge in [-0.25, -0.2) is 4.98 Å². The molecule has 0 amide bonds. The van der Waals surface area contributed by atoms with E-state index in [1.54, 1.807) is 7.11 Å². The van der Waals surface area contributed by atoms with E-state index < -0.39 is 0 Å². The van der Waals surface area contributed by atoms with Crippen molar-refractivity contribution in [2.45, 2.75) is 40.0 Å². The molecule has 0 spiro atoms. The van der Waals surface area contributed by atoms with E-state index in [0.717, 1.165) is 77.1 Å². The van der Waals surface area contributed by atoms with Crippen molar-refractivity contribution in [3.63, 3.8) is 0 Å². The summed E-state index contributed by atoms with van der Waals surface area (Å²) in [4.78, 5) is 9.21. The van der Waals surface area contributed by atoms with Crippen LogP contribution in [0, 0.1) is 18.3 Å². The number of hydrogen-bond donors (Lipinski definition) is 1. The Hall–Kier alpha value is -4.28. The van der Waals surface area contributed by atoms with Gasteiger partial charge in [-0.1, -0.05) is 39.5 Å². The average molecular weight is 552 g/mol. The summed E-state index contributed by atoms with van der Waals surface area (Å²) in [5.41, 5.74) is 5.85. The molecule has 2 heterocycles. The zero-order valence-electron chi connectivity index (χ0n) is 25.3. The van der Waals surface area contributed by atoms with E-state index in [2.05, 4.69) is 79.6 Å². The Kier molecular flexibility index (Phi) is 9.05. The van der Waals surface area contributed by atoms with Gasteiger partial charge in [-0.2, -0.15) is 5.26 Å². The summed E-state index contributed by atoms with van der Waals surface area (Å²) in [6.07, 6.45) is 3.90. The number of nitriles is 1. The third-order valence-corrected chi connectivity index (χ3v) is 7.51. The van der Waals surface area contributed by atoms with Crippen molar-refractivity contribution < 1.29 is 9.47 Å². The lowest BCUT2D eigenvalue weighted by Gasteiger charge is -2.33. The molecule has 214 valence electrons. The van der Waals surface area contributed by atoms with Gasteiger partial charge >= 0.3 is 0 Å². The Labute approximate surface area is 244 Å². The molecular weight excluding hydrogens is 510 g/mol. The highest BCUT2D eigenvalue weighted by molar-refractivity contribution is 5.71. The van der Waals surface area contributed by atoms with Crippen LogP contribution in [0.15, 0.2) is 66.5 Å². The van der Waals surface area contributed by atoms with Crippen LogP contribution in [-0.4, -0.2) is 50.2 Å². The van der Waals surface area contributed by atoms with Crippen LogP contribution in [0.5, 0.6) is 17.2 Å². The van der Waals surface area contributed by atoms with Gasteiger partial charge in [-0.3, -0.25) is 0 Å². The first-order valence-electron chi connectivity index (χ1n) is 13.9. The molecule has 0 radical (unpaired) electrons. The number of allylic oxidation sites excluding steroid dienone is 1. The maximum absolute atomic E-state index is 9.74. The first-order valence-corrected chi connectivity index (χ1v) is 13.9. The molecule has 1 aliphatic rings. The minimum absolute atomic E-state index is 0.127. The standard InChI is InChI=1S/C34H41N5O2/c1-23(25(3)37-30-20-28(34(4,5)6)19-27(22-35)33(30)40-8)18-26-10-9-11-31(24(26)2)41-29-12-13-36-32(21-29)39-16-14-38(7)15-17-39/h9-13,18-21,37H,3,14-17H2,1-2,4-8H3/b23-18+. The first-order chi connectivity index (χ1) is 19.5. The van der Waals surface area contributed by atoms with Crippen molar-refractivity contribution in [3.05, 3.63) is 88.8 Å². The molecule has 1 N–H and O–H groups in total. The van der Waals surface area contributed by atoms with Crippen molar-refractivity contribution in [1.82, 2.24) is 9.88 Å². The maximum atomic E-state index is 9.74. The number of nitrogens with one attached hydrogen (secondary N) is 1. The first kappa shape index (κ1) is 29.7. The molecule has 7 nitrogen and oxygen atoms in total. The highest BCUT2D eigenvalue weighted by Crippen LogP contribution is 2.36. The van der Waals surface area contributed by atoms with Crippen molar-refractivity contribution in [2.75, 3.05) is 50.6 Å². The van der Waals surface area contributed by atoms with Gasteiger partial charge in [-0.15, -0.1) is 0 Å². The lowest BCUT2D eigenvalue weighted by molar-refractivity contribution is 0.312. The molecule has 0 atom stereocenters. The minimum atomic E-state index is -0.127. The number of aromatic nitrogens is 1. The van der Waals surface area contributed by atoms with E-state index >= 15 is 0 Å². The Morgan fingerprint density at radius 3 is 2.51 bits per heavy atom. The van der Waals surface area contributed by atoms with Crippen LogP contribution < -0.4 is 19.7 Å². The van der Waals surface area contributed by atoms with E-state index in [0.29, 0.717) is 11.3 Å². The number of hydrogen-bond acceptors (Lipinski definition) is 7. The van der Waals surface area contributed by atoms with Crippen LogP contribution >= 0.6 is 0 Å². The molecule has 0 saturated carbocycles. The Morgan fingerprint density at radius 1 is 1.12 bits per heavy atom. The molecular formula is C34H41N5O2. The average Bonchev–Trinajstić information content (AvgIpc) is 2.94. The molecule has 1 aliphatic heterocycles. The second-order valence-corrected chi connectivity index (χ2v) is 11.6. The monoisotopic (exact) mass is 551 g/mol. The van der Waals surface area contributed by atoms with E-state index in [1.807, 2.05) is 49.5 Å². The Morgan fingerprint density at radius 2 is 1.85 bits per heavy atom. The molecule has 1 fully saturated rings. The summed E-state index contributed by atoms with van der Waals surface area (Å²) in [7, 11) is 3.72. The van der Waals surface area contributed by atoms with Crippen LogP contribution in [0.1, 0.15) is 49.9 Å². The lowest BCUT2D eigenvalue weighted by atomic mass is 9.85. The number of methoxy groups -OCH3 is 1. The molecule has 2 aromatic carbocycles. The predicted molar refractivity (Wildman–Crippen MR) is 168 cm³/mol. The molecule has 3 aromatic rings. The summed E-state index contributed by atoms with van der Waals surface area (Å²) < 4.78 is 12.0. The molecule has 0 bridgehead atoms. The number of anilines is 2. The fourth-order valence-corrected chi connectivity index (χ4v) is 4.74. The number of rotatable bonds is 8. The molecule has 1 saturated heterocycles.